The minimum absolute atomic E-state index is 0.406. The third-order valence-electron chi connectivity index (χ3n) is 4.23. The van der Waals surface area contributed by atoms with Crippen LogP contribution in [0, 0.1) is 0 Å². The van der Waals surface area contributed by atoms with Crippen molar-refractivity contribution in [2.24, 2.45) is 0 Å². The lowest BCUT2D eigenvalue weighted by Crippen LogP contribution is -2.43. The summed E-state index contributed by atoms with van der Waals surface area (Å²) < 4.78 is 5.21. The Morgan fingerprint density at radius 3 is 2.45 bits per heavy atom. The van der Waals surface area contributed by atoms with Gasteiger partial charge in [-0.15, -0.1) is 0 Å². The molecular weight excluding hydrogens is 248 g/mol. The highest BCUT2D eigenvalue weighted by Crippen LogP contribution is 2.20. The van der Waals surface area contributed by atoms with Crippen LogP contribution in [0.4, 0.5) is 0 Å². The molecule has 2 rings (SSSR count). The molecule has 20 heavy (non-hydrogen) atoms. The Bertz CT molecular complexity index is 382. The van der Waals surface area contributed by atoms with Crippen LogP contribution in [-0.4, -0.2) is 37.7 Å². The zero-order valence-corrected chi connectivity index (χ0v) is 13.1. The summed E-state index contributed by atoms with van der Waals surface area (Å²) in [5, 5.41) is 3.77. The second-order valence-electron chi connectivity index (χ2n) is 5.78. The summed E-state index contributed by atoms with van der Waals surface area (Å²) in [6.45, 7) is 8.23. The van der Waals surface area contributed by atoms with Crippen molar-refractivity contribution < 1.29 is 4.74 Å². The van der Waals surface area contributed by atoms with Crippen LogP contribution in [0.3, 0.4) is 0 Å². The molecule has 1 aliphatic rings. The number of piperidine rings is 1. The minimum Gasteiger partial charge on any atom is -0.497 e. The monoisotopic (exact) mass is 276 g/mol. The van der Waals surface area contributed by atoms with Crippen LogP contribution >= 0.6 is 0 Å². The average Bonchev–Trinajstić information content (AvgIpc) is 2.49. The molecule has 1 unspecified atom stereocenters. The van der Waals surface area contributed by atoms with E-state index in [9.17, 15) is 0 Å². The Morgan fingerprint density at radius 2 is 1.90 bits per heavy atom. The molecule has 1 atom stereocenters. The Hall–Kier alpha value is -1.06. The van der Waals surface area contributed by atoms with E-state index in [1.807, 2.05) is 12.1 Å². The minimum atomic E-state index is 0.406. The molecule has 1 saturated heterocycles. The van der Waals surface area contributed by atoms with Crippen LogP contribution in [0.15, 0.2) is 24.3 Å². The standard InChI is InChI=1S/C17H28N2O/c1-4-11-19-12-9-16(10-13-19)18-14(2)15-5-7-17(20-3)8-6-15/h5-8,14,16,18H,4,9-13H2,1-3H3. The molecule has 1 aromatic carbocycles. The van der Waals surface area contributed by atoms with E-state index in [1.165, 1.54) is 44.5 Å². The predicted octanol–water partition coefficient (Wildman–Crippen LogP) is 3.22. The lowest BCUT2D eigenvalue weighted by Gasteiger charge is -2.33. The summed E-state index contributed by atoms with van der Waals surface area (Å²) >= 11 is 0. The van der Waals surface area contributed by atoms with E-state index < -0.39 is 0 Å². The van der Waals surface area contributed by atoms with E-state index in [1.54, 1.807) is 7.11 Å². The number of hydrogen-bond donors (Lipinski definition) is 1. The van der Waals surface area contributed by atoms with Gasteiger partial charge in [0.25, 0.3) is 0 Å². The quantitative estimate of drug-likeness (QED) is 0.863. The van der Waals surface area contributed by atoms with Crippen LogP contribution in [0.5, 0.6) is 5.75 Å². The number of methoxy groups -OCH3 is 1. The van der Waals surface area contributed by atoms with E-state index in [-0.39, 0.29) is 0 Å². The lowest BCUT2D eigenvalue weighted by molar-refractivity contribution is 0.192. The van der Waals surface area contributed by atoms with Gasteiger partial charge in [0.05, 0.1) is 7.11 Å². The van der Waals surface area contributed by atoms with Gasteiger partial charge in [0.2, 0.25) is 0 Å². The van der Waals surface area contributed by atoms with Crippen LogP contribution in [0.2, 0.25) is 0 Å². The lowest BCUT2D eigenvalue weighted by atomic mass is 10.0. The molecule has 0 aromatic heterocycles. The number of ether oxygens (including phenoxy) is 1. The smallest absolute Gasteiger partial charge is 0.118 e. The van der Waals surface area contributed by atoms with Gasteiger partial charge in [-0.3, -0.25) is 0 Å². The fourth-order valence-corrected chi connectivity index (χ4v) is 2.98. The zero-order valence-electron chi connectivity index (χ0n) is 13.1. The number of hydrogen-bond acceptors (Lipinski definition) is 3. The summed E-state index contributed by atoms with van der Waals surface area (Å²) in [4.78, 5) is 2.58. The Morgan fingerprint density at radius 1 is 1.25 bits per heavy atom. The van der Waals surface area contributed by atoms with Gasteiger partial charge in [0, 0.05) is 12.1 Å². The number of nitrogens with zero attached hydrogens (tertiary/aromatic N) is 1. The van der Waals surface area contributed by atoms with Gasteiger partial charge in [-0.2, -0.15) is 0 Å². The number of likely N-dealkylation sites (tertiary alicyclic amines) is 1. The molecule has 3 heteroatoms. The number of benzene rings is 1. The van der Waals surface area contributed by atoms with Gasteiger partial charge in [0.15, 0.2) is 0 Å². The maximum atomic E-state index is 5.21. The molecule has 0 aliphatic carbocycles. The topological polar surface area (TPSA) is 24.5 Å². The second kappa shape index (κ2) is 7.65. The molecule has 3 nitrogen and oxygen atoms in total. The van der Waals surface area contributed by atoms with E-state index >= 15 is 0 Å². The van der Waals surface area contributed by atoms with Crippen molar-refractivity contribution in [3.05, 3.63) is 29.8 Å². The van der Waals surface area contributed by atoms with Crippen LogP contribution in [-0.2, 0) is 0 Å². The average molecular weight is 276 g/mol. The fourth-order valence-electron chi connectivity index (χ4n) is 2.98. The van der Waals surface area contributed by atoms with Crippen LogP contribution < -0.4 is 10.1 Å². The van der Waals surface area contributed by atoms with Crippen molar-refractivity contribution >= 4 is 0 Å². The normalized spacial score (nSPS) is 18.9. The van der Waals surface area contributed by atoms with Gasteiger partial charge in [0.1, 0.15) is 5.75 Å². The fraction of sp³-hybridized carbons (Fsp3) is 0.647. The first-order valence-electron chi connectivity index (χ1n) is 7.85. The molecule has 0 bridgehead atoms. The Kier molecular flexibility index (Phi) is 5.86. The first-order chi connectivity index (χ1) is 9.72. The van der Waals surface area contributed by atoms with Crippen molar-refractivity contribution in [1.82, 2.24) is 10.2 Å². The van der Waals surface area contributed by atoms with E-state index in [2.05, 4.69) is 36.2 Å². The highest BCUT2D eigenvalue weighted by molar-refractivity contribution is 5.28. The summed E-state index contributed by atoms with van der Waals surface area (Å²) in [6, 6.07) is 9.45. The third kappa shape index (κ3) is 4.22. The van der Waals surface area contributed by atoms with Crippen molar-refractivity contribution in [2.45, 2.75) is 45.2 Å². The first-order valence-corrected chi connectivity index (χ1v) is 7.85. The molecule has 0 radical (unpaired) electrons. The Balaban J connectivity index is 1.81. The summed E-state index contributed by atoms with van der Waals surface area (Å²) in [6.07, 6.45) is 3.79. The maximum absolute atomic E-state index is 5.21. The zero-order chi connectivity index (χ0) is 14.4. The maximum Gasteiger partial charge on any atom is 0.118 e. The molecule has 1 fully saturated rings. The van der Waals surface area contributed by atoms with E-state index in [0.717, 1.165) is 5.75 Å². The Labute approximate surface area is 123 Å². The summed E-state index contributed by atoms with van der Waals surface area (Å²) in [5.41, 5.74) is 1.33. The number of nitrogens with one attached hydrogen (secondary N) is 1. The van der Waals surface area contributed by atoms with Crippen LogP contribution in [0.1, 0.15) is 44.7 Å². The molecule has 112 valence electrons. The molecule has 1 heterocycles. The predicted molar refractivity (Wildman–Crippen MR) is 84.3 cm³/mol. The van der Waals surface area contributed by atoms with Gasteiger partial charge in [-0.25, -0.2) is 0 Å². The SMILES string of the molecule is CCCN1CCC(NC(C)c2ccc(OC)cc2)CC1. The van der Waals surface area contributed by atoms with Gasteiger partial charge >= 0.3 is 0 Å². The van der Waals surface area contributed by atoms with E-state index in [0.29, 0.717) is 12.1 Å². The summed E-state index contributed by atoms with van der Waals surface area (Å²) in [7, 11) is 1.71. The van der Waals surface area contributed by atoms with Crippen LogP contribution in [0.25, 0.3) is 0 Å². The second-order valence-corrected chi connectivity index (χ2v) is 5.78. The van der Waals surface area contributed by atoms with Crippen molar-refractivity contribution in [3.63, 3.8) is 0 Å². The molecular formula is C17H28N2O. The molecule has 0 saturated carbocycles. The highest BCUT2D eigenvalue weighted by Gasteiger charge is 2.20. The summed E-state index contributed by atoms with van der Waals surface area (Å²) in [5.74, 6) is 0.925. The largest absolute Gasteiger partial charge is 0.497 e. The molecule has 1 aliphatic heterocycles. The van der Waals surface area contributed by atoms with Gasteiger partial charge < -0.3 is 15.0 Å². The molecule has 0 spiro atoms. The van der Waals surface area contributed by atoms with Crippen molar-refractivity contribution in [1.29, 1.82) is 0 Å². The van der Waals surface area contributed by atoms with Crippen molar-refractivity contribution in [2.75, 3.05) is 26.7 Å². The van der Waals surface area contributed by atoms with Gasteiger partial charge in [-0.1, -0.05) is 19.1 Å². The first kappa shape index (κ1) is 15.3. The van der Waals surface area contributed by atoms with Crippen molar-refractivity contribution in [3.8, 4) is 5.75 Å². The highest BCUT2D eigenvalue weighted by atomic mass is 16.5. The molecule has 0 amide bonds. The molecule has 1 aromatic rings. The van der Waals surface area contributed by atoms with E-state index in [4.69, 9.17) is 4.74 Å². The third-order valence-corrected chi connectivity index (χ3v) is 4.23. The van der Waals surface area contributed by atoms with Gasteiger partial charge in [-0.05, 0) is 63.5 Å². The molecule has 1 N–H and O–H groups in total. The number of rotatable bonds is 6.